The number of para-hydroxylation sites is 4. The van der Waals surface area contributed by atoms with Gasteiger partial charge < -0.3 is 9.80 Å². The Labute approximate surface area is 257 Å². The summed E-state index contributed by atoms with van der Waals surface area (Å²) in [6, 6.07) is 65.0. The molecule has 0 radical (unpaired) electrons. The van der Waals surface area contributed by atoms with Crippen molar-refractivity contribution < 1.29 is 0 Å². The molecule has 2 heteroatoms. The first-order valence-electron chi connectivity index (χ1n) is 15.0. The number of hydrogen-bond acceptors (Lipinski definition) is 2. The molecule has 0 atom stereocenters. The van der Waals surface area contributed by atoms with Crippen LogP contribution < -0.4 is 9.80 Å². The normalized spacial score (nSPS) is 11.2. The topological polar surface area (TPSA) is 6.48 Å². The smallest absolute Gasteiger partial charge is 0.0546 e. The highest BCUT2D eigenvalue weighted by atomic mass is 15.1. The van der Waals surface area contributed by atoms with Crippen molar-refractivity contribution in [2.45, 2.75) is 0 Å². The van der Waals surface area contributed by atoms with Crippen LogP contribution in [0, 0.1) is 0 Å². The van der Waals surface area contributed by atoms with Gasteiger partial charge in [0.15, 0.2) is 0 Å². The van der Waals surface area contributed by atoms with Gasteiger partial charge in [0.2, 0.25) is 0 Å². The van der Waals surface area contributed by atoms with E-state index in [1.165, 1.54) is 32.3 Å². The number of nitrogens with zero attached hydrogens (tertiary/aromatic N) is 2. The molecule has 208 valence electrons. The van der Waals surface area contributed by atoms with Crippen LogP contribution in [0.3, 0.4) is 0 Å². The molecule has 0 saturated heterocycles. The molecule has 0 heterocycles. The highest BCUT2D eigenvalue weighted by Crippen LogP contribution is 2.45. The van der Waals surface area contributed by atoms with Crippen molar-refractivity contribution in [2.24, 2.45) is 0 Å². The maximum Gasteiger partial charge on any atom is 0.0546 e. The molecule has 0 spiro atoms. The van der Waals surface area contributed by atoms with Crippen LogP contribution in [0.15, 0.2) is 182 Å². The summed E-state index contributed by atoms with van der Waals surface area (Å²) in [6.45, 7) is 0. The van der Waals surface area contributed by atoms with Gasteiger partial charge in [-0.2, -0.15) is 0 Å². The molecule has 0 saturated carbocycles. The lowest BCUT2D eigenvalue weighted by Gasteiger charge is -2.28. The van der Waals surface area contributed by atoms with E-state index in [-0.39, 0.29) is 0 Å². The fourth-order valence-electron chi connectivity index (χ4n) is 6.47. The predicted octanol–water partition coefficient (Wildman–Crippen LogP) is 12.1. The summed E-state index contributed by atoms with van der Waals surface area (Å²) in [7, 11) is 0. The van der Waals surface area contributed by atoms with Crippen LogP contribution in [0.4, 0.5) is 34.1 Å². The van der Waals surface area contributed by atoms with Crippen molar-refractivity contribution in [3.8, 4) is 0 Å². The summed E-state index contributed by atoms with van der Waals surface area (Å²) in [6.07, 6.45) is 0. The molecule has 0 amide bonds. The van der Waals surface area contributed by atoms with E-state index in [0.717, 1.165) is 34.1 Å². The summed E-state index contributed by atoms with van der Waals surface area (Å²) in [5.74, 6) is 0. The van der Waals surface area contributed by atoms with Crippen LogP contribution in [0.5, 0.6) is 0 Å². The summed E-state index contributed by atoms with van der Waals surface area (Å²) < 4.78 is 0. The summed E-state index contributed by atoms with van der Waals surface area (Å²) in [4.78, 5) is 4.72. The Bertz CT molecular complexity index is 2130. The Morgan fingerprint density at radius 1 is 0.250 bits per heavy atom. The van der Waals surface area contributed by atoms with Gasteiger partial charge in [0, 0.05) is 33.5 Å². The van der Waals surface area contributed by atoms with Crippen molar-refractivity contribution in [3.05, 3.63) is 182 Å². The molecule has 0 fully saturated rings. The molecular weight excluding hydrogens is 532 g/mol. The Morgan fingerprint density at radius 2 is 0.659 bits per heavy atom. The second-order valence-electron chi connectivity index (χ2n) is 11.0. The average Bonchev–Trinajstić information content (AvgIpc) is 3.10. The van der Waals surface area contributed by atoms with Crippen LogP contribution in [-0.2, 0) is 0 Å². The van der Waals surface area contributed by atoms with E-state index in [9.17, 15) is 0 Å². The predicted molar refractivity (Wildman–Crippen MR) is 188 cm³/mol. The van der Waals surface area contributed by atoms with Gasteiger partial charge in [-0.25, -0.2) is 0 Å². The zero-order chi connectivity index (χ0) is 29.3. The molecule has 0 aliphatic heterocycles. The molecule has 0 unspecified atom stereocenters. The maximum absolute atomic E-state index is 2.37. The lowest BCUT2D eigenvalue weighted by Crippen LogP contribution is -2.10. The first-order valence-corrected chi connectivity index (χ1v) is 15.0. The van der Waals surface area contributed by atoms with Crippen molar-refractivity contribution >= 4 is 66.4 Å². The van der Waals surface area contributed by atoms with Crippen LogP contribution in [0.1, 0.15) is 0 Å². The highest BCUT2D eigenvalue weighted by molar-refractivity contribution is 6.23. The molecule has 0 aliphatic carbocycles. The van der Waals surface area contributed by atoms with E-state index in [0.29, 0.717) is 0 Å². The minimum atomic E-state index is 1.13. The lowest BCUT2D eigenvalue weighted by molar-refractivity contribution is 1.30. The zero-order valence-corrected chi connectivity index (χ0v) is 24.2. The van der Waals surface area contributed by atoms with Gasteiger partial charge in [0.1, 0.15) is 0 Å². The van der Waals surface area contributed by atoms with Gasteiger partial charge in [-0.3, -0.25) is 0 Å². The van der Waals surface area contributed by atoms with Gasteiger partial charge in [0.25, 0.3) is 0 Å². The van der Waals surface area contributed by atoms with Crippen molar-refractivity contribution in [2.75, 3.05) is 9.80 Å². The van der Waals surface area contributed by atoms with Crippen LogP contribution in [0.2, 0.25) is 0 Å². The van der Waals surface area contributed by atoms with Crippen LogP contribution >= 0.6 is 0 Å². The number of benzene rings is 8. The third-order valence-corrected chi connectivity index (χ3v) is 8.39. The SMILES string of the molecule is c1ccc(N(c2ccccc2)c2cccc3c2ccc2c3ccc3cccc(N(c4ccccc4)c4ccccc4)c32)cc1. The maximum atomic E-state index is 2.37. The Hall–Kier alpha value is -5.86. The molecular formula is C42H30N2. The summed E-state index contributed by atoms with van der Waals surface area (Å²) in [5, 5.41) is 7.40. The van der Waals surface area contributed by atoms with E-state index < -0.39 is 0 Å². The molecule has 0 N–H and O–H groups in total. The minimum Gasteiger partial charge on any atom is -0.310 e. The van der Waals surface area contributed by atoms with E-state index >= 15 is 0 Å². The van der Waals surface area contributed by atoms with Crippen molar-refractivity contribution in [1.29, 1.82) is 0 Å². The Balaban J connectivity index is 1.39. The van der Waals surface area contributed by atoms with E-state index in [1.807, 2.05) is 0 Å². The molecule has 8 rings (SSSR count). The number of rotatable bonds is 6. The number of anilines is 6. The largest absolute Gasteiger partial charge is 0.310 e. The summed E-state index contributed by atoms with van der Waals surface area (Å²) >= 11 is 0. The third kappa shape index (κ3) is 4.45. The highest BCUT2D eigenvalue weighted by Gasteiger charge is 2.19. The van der Waals surface area contributed by atoms with Crippen LogP contribution in [0.25, 0.3) is 32.3 Å². The Kier molecular flexibility index (Phi) is 6.51. The standard InChI is InChI=1S/C42H30N2/c1-5-16-32(17-6-1)43(33-18-7-2-8-19-33)40-25-14-24-36-37-28-27-31-15-13-26-41(42(31)39(37)30-29-38(36)40)44(34-20-9-3-10-21-34)35-22-11-4-12-23-35/h1-30H. The van der Waals surface area contributed by atoms with Crippen molar-refractivity contribution in [1.82, 2.24) is 0 Å². The lowest BCUT2D eigenvalue weighted by atomic mass is 9.94. The molecule has 8 aromatic carbocycles. The minimum absolute atomic E-state index is 1.13. The van der Waals surface area contributed by atoms with Gasteiger partial charge in [-0.05, 0) is 82.2 Å². The monoisotopic (exact) mass is 562 g/mol. The van der Waals surface area contributed by atoms with E-state index in [1.54, 1.807) is 0 Å². The Morgan fingerprint density at radius 3 is 1.20 bits per heavy atom. The molecule has 8 aromatic rings. The molecule has 44 heavy (non-hydrogen) atoms. The molecule has 0 bridgehead atoms. The zero-order valence-electron chi connectivity index (χ0n) is 24.2. The number of hydrogen-bond donors (Lipinski definition) is 0. The first kappa shape index (κ1) is 25.8. The quantitative estimate of drug-likeness (QED) is 0.186. The number of fused-ring (bicyclic) bond motifs is 5. The van der Waals surface area contributed by atoms with Gasteiger partial charge in [-0.1, -0.05) is 121 Å². The van der Waals surface area contributed by atoms with Crippen LogP contribution in [-0.4, -0.2) is 0 Å². The van der Waals surface area contributed by atoms with Crippen molar-refractivity contribution in [3.63, 3.8) is 0 Å². The van der Waals surface area contributed by atoms with Gasteiger partial charge >= 0.3 is 0 Å². The molecule has 0 aromatic heterocycles. The van der Waals surface area contributed by atoms with Gasteiger partial charge in [-0.15, -0.1) is 0 Å². The average molecular weight is 563 g/mol. The second-order valence-corrected chi connectivity index (χ2v) is 11.0. The molecule has 2 nitrogen and oxygen atoms in total. The van der Waals surface area contributed by atoms with E-state index in [2.05, 4.69) is 192 Å². The summed E-state index contributed by atoms with van der Waals surface area (Å²) in [5.41, 5.74) is 6.85. The third-order valence-electron chi connectivity index (χ3n) is 8.39. The fraction of sp³-hybridized carbons (Fsp3) is 0. The van der Waals surface area contributed by atoms with E-state index in [4.69, 9.17) is 0 Å². The second kappa shape index (κ2) is 11.1. The van der Waals surface area contributed by atoms with Gasteiger partial charge in [0.05, 0.1) is 11.4 Å². The molecule has 0 aliphatic rings. The fourth-order valence-corrected chi connectivity index (χ4v) is 6.47. The first-order chi connectivity index (χ1) is 21.9.